The molecule has 0 aliphatic rings. The highest BCUT2D eigenvalue weighted by atomic mass is 19.1. The number of pyridine rings is 1. The molecule has 0 saturated carbocycles. The van der Waals surface area contributed by atoms with Crippen LogP contribution in [0.4, 0.5) is 4.39 Å². The van der Waals surface area contributed by atoms with Crippen molar-refractivity contribution < 1.29 is 18.7 Å². The summed E-state index contributed by atoms with van der Waals surface area (Å²) >= 11 is 0. The van der Waals surface area contributed by atoms with Gasteiger partial charge in [0, 0.05) is 13.2 Å². The van der Waals surface area contributed by atoms with Gasteiger partial charge >= 0.3 is 0 Å². The molecular formula is C16H16FN3O4. The molecule has 0 spiro atoms. The molecule has 0 atom stereocenters. The maximum Gasteiger partial charge on any atom is 0.293 e. The van der Waals surface area contributed by atoms with E-state index in [2.05, 4.69) is 10.9 Å². The number of nitrogens with one attached hydrogen (secondary N) is 2. The Morgan fingerprint density at radius 2 is 1.83 bits per heavy atom. The van der Waals surface area contributed by atoms with E-state index in [-0.39, 0.29) is 17.7 Å². The largest absolute Gasteiger partial charge is 0.491 e. The van der Waals surface area contributed by atoms with Gasteiger partial charge in [-0.25, -0.2) is 4.39 Å². The van der Waals surface area contributed by atoms with Crippen molar-refractivity contribution in [3.05, 3.63) is 63.8 Å². The van der Waals surface area contributed by atoms with Gasteiger partial charge in [0.1, 0.15) is 5.82 Å². The van der Waals surface area contributed by atoms with Crippen molar-refractivity contribution in [1.82, 2.24) is 15.4 Å². The van der Waals surface area contributed by atoms with Gasteiger partial charge in [0.15, 0.2) is 5.75 Å². The van der Waals surface area contributed by atoms with E-state index in [9.17, 15) is 18.8 Å². The van der Waals surface area contributed by atoms with Crippen LogP contribution >= 0.6 is 0 Å². The molecule has 0 bridgehead atoms. The quantitative estimate of drug-likeness (QED) is 0.799. The van der Waals surface area contributed by atoms with Crippen LogP contribution in [0.25, 0.3) is 0 Å². The summed E-state index contributed by atoms with van der Waals surface area (Å²) in [6, 6.07) is 6.83. The van der Waals surface area contributed by atoms with E-state index < -0.39 is 23.2 Å². The molecule has 0 aliphatic carbocycles. The number of nitrogens with zero attached hydrogens (tertiary/aromatic N) is 1. The van der Waals surface area contributed by atoms with Gasteiger partial charge in [-0.1, -0.05) is 12.1 Å². The number of carbonyl (C=O) groups excluding carboxylic acids is 2. The number of ether oxygens (including phenoxy) is 1. The van der Waals surface area contributed by atoms with Gasteiger partial charge in [-0.3, -0.25) is 25.2 Å². The number of amides is 2. The smallest absolute Gasteiger partial charge is 0.293 e. The van der Waals surface area contributed by atoms with Crippen molar-refractivity contribution in [3.8, 4) is 5.75 Å². The van der Waals surface area contributed by atoms with E-state index in [1.54, 1.807) is 0 Å². The average Bonchev–Trinajstić information content (AvgIpc) is 2.57. The maximum absolute atomic E-state index is 12.8. The van der Waals surface area contributed by atoms with Crippen molar-refractivity contribution in [1.29, 1.82) is 0 Å². The van der Waals surface area contributed by atoms with E-state index in [0.717, 1.165) is 0 Å². The van der Waals surface area contributed by atoms with Crippen molar-refractivity contribution in [2.45, 2.75) is 6.42 Å². The molecule has 0 unspecified atom stereocenters. The summed E-state index contributed by atoms with van der Waals surface area (Å²) in [5.41, 5.74) is 4.57. The Bertz CT molecular complexity index is 815. The molecule has 1 aromatic heterocycles. The SMILES string of the molecule is COc1c(C(=O)NNC(=O)Cc2ccc(F)cc2)ccn(C)c1=O. The van der Waals surface area contributed by atoms with Crippen molar-refractivity contribution >= 4 is 11.8 Å². The standard InChI is InChI=1S/C16H16FN3O4/c1-20-8-7-12(14(24-2)16(20)23)15(22)19-18-13(21)9-10-3-5-11(17)6-4-10/h3-8H,9H2,1-2H3,(H,18,21)(H,19,22). The van der Waals surface area contributed by atoms with Crippen LogP contribution in [0.15, 0.2) is 41.3 Å². The van der Waals surface area contributed by atoms with Crippen molar-refractivity contribution in [2.75, 3.05) is 7.11 Å². The first-order valence-corrected chi connectivity index (χ1v) is 6.99. The van der Waals surface area contributed by atoms with E-state index in [1.165, 1.54) is 55.3 Å². The molecule has 2 aromatic rings. The zero-order valence-corrected chi connectivity index (χ0v) is 13.1. The van der Waals surface area contributed by atoms with E-state index >= 15 is 0 Å². The first kappa shape index (κ1) is 17.2. The highest BCUT2D eigenvalue weighted by Crippen LogP contribution is 2.11. The van der Waals surface area contributed by atoms with Gasteiger partial charge in [0.2, 0.25) is 5.91 Å². The molecule has 2 rings (SSSR count). The third-order valence-corrected chi connectivity index (χ3v) is 3.27. The van der Waals surface area contributed by atoms with Crippen molar-refractivity contribution in [3.63, 3.8) is 0 Å². The normalized spacial score (nSPS) is 10.1. The summed E-state index contributed by atoms with van der Waals surface area (Å²) in [5.74, 6) is -1.69. The Balaban J connectivity index is 2.00. The Hall–Kier alpha value is -3.16. The fraction of sp³-hybridized carbons (Fsp3) is 0.188. The second kappa shape index (κ2) is 7.40. The Kier molecular flexibility index (Phi) is 5.31. The Labute approximate surface area is 137 Å². The van der Waals surface area contributed by atoms with Gasteiger partial charge in [0.25, 0.3) is 11.5 Å². The monoisotopic (exact) mass is 333 g/mol. The first-order valence-electron chi connectivity index (χ1n) is 6.99. The van der Waals surface area contributed by atoms with Crippen LogP contribution in [-0.4, -0.2) is 23.5 Å². The summed E-state index contributed by atoms with van der Waals surface area (Å²) < 4.78 is 19.0. The molecule has 1 aromatic carbocycles. The second-order valence-electron chi connectivity index (χ2n) is 4.98. The summed E-state index contributed by atoms with van der Waals surface area (Å²) in [6.45, 7) is 0. The van der Waals surface area contributed by atoms with E-state index in [0.29, 0.717) is 5.56 Å². The topological polar surface area (TPSA) is 89.4 Å². The fourth-order valence-electron chi connectivity index (χ4n) is 2.01. The van der Waals surface area contributed by atoms with Gasteiger partial charge in [-0.15, -0.1) is 0 Å². The highest BCUT2D eigenvalue weighted by Gasteiger charge is 2.16. The summed E-state index contributed by atoms with van der Waals surface area (Å²) in [5, 5.41) is 0. The molecule has 2 amide bonds. The van der Waals surface area contributed by atoms with Gasteiger partial charge in [0.05, 0.1) is 19.1 Å². The number of hydrogen-bond donors (Lipinski definition) is 2. The number of methoxy groups -OCH3 is 1. The molecule has 7 nitrogen and oxygen atoms in total. The predicted molar refractivity (Wildman–Crippen MR) is 83.9 cm³/mol. The third kappa shape index (κ3) is 3.97. The minimum absolute atomic E-state index is 0.00248. The molecule has 1 heterocycles. The Morgan fingerprint density at radius 3 is 2.46 bits per heavy atom. The number of halogens is 1. The molecule has 0 fully saturated rings. The minimum Gasteiger partial charge on any atom is -0.491 e. The van der Waals surface area contributed by atoms with Gasteiger partial charge in [-0.05, 0) is 23.8 Å². The van der Waals surface area contributed by atoms with Crippen LogP contribution in [0.1, 0.15) is 15.9 Å². The molecule has 8 heteroatoms. The number of hydrazine groups is 1. The van der Waals surface area contributed by atoms with Crippen LogP contribution in [-0.2, 0) is 18.3 Å². The molecule has 24 heavy (non-hydrogen) atoms. The Morgan fingerprint density at radius 1 is 1.17 bits per heavy atom. The van der Waals surface area contributed by atoms with Gasteiger partial charge in [-0.2, -0.15) is 0 Å². The fourth-order valence-corrected chi connectivity index (χ4v) is 2.01. The molecular weight excluding hydrogens is 317 g/mol. The summed E-state index contributed by atoms with van der Waals surface area (Å²) in [7, 11) is 2.80. The lowest BCUT2D eigenvalue weighted by Gasteiger charge is -2.11. The van der Waals surface area contributed by atoms with E-state index in [1.807, 2.05) is 0 Å². The number of benzene rings is 1. The molecule has 0 aliphatic heterocycles. The lowest BCUT2D eigenvalue weighted by molar-refractivity contribution is -0.121. The number of carbonyl (C=O) groups is 2. The zero-order valence-electron chi connectivity index (χ0n) is 13.1. The number of rotatable bonds is 4. The summed E-state index contributed by atoms with van der Waals surface area (Å²) in [6.07, 6.45) is 1.38. The van der Waals surface area contributed by atoms with Crippen LogP contribution in [0, 0.1) is 5.82 Å². The molecule has 2 N–H and O–H groups in total. The highest BCUT2D eigenvalue weighted by molar-refractivity contribution is 5.97. The molecule has 0 saturated heterocycles. The lowest BCUT2D eigenvalue weighted by atomic mass is 10.1. The summed E-state index contributed by atoms with van der Waals surface area (Å²) in [4.78, 5) is 35.7. The van der Waals surface area contributed by atoms with Gasteiger partial charge < -0.3 is 9.30 Å². The molecule has 126 valence electrons. The van der Waals surface area contributed by atoms with Crippen molar-refractivity contribution in [2.24, 2.45) is 7.05 Å². The zero-order chi connectivity index (χ0) is 17.7. The van der Waals surface area contributed by atoms with Crippen LogP contribution in [0.5, 0.6) is 5.75 Å². The number of aromatic nitrogens is 1. The lowest BCUT2D eigenvalue weighted by Crippen LogP contribution is -2.43. The van der Waals surface area contributed by atoms with Crippen LogP contribution < -0.4 is 21.1 Å². The average molecular weight is 333 g/mol. The number of hydrogen-bond acceptors (Lipinski definition) is 4. The first-order chi connectivity index (χ1) is 11.4. The maximum atomic E-state index is 12.8. The predicted octanol–water partition coefficient (Wildman–Crippen LogP) is 0.537. The molecule has 0 radical (unpaired) electrons. The van der Waals surface area contributed by atoms with Crippen LogP contribution in [0.2, 0.25) is 0 Å². The van der Waals surface area contributed by atoms with E-state index in [4.69, 9.17) is 4.74 Å². The second-order valence-corrected chi connectivity index (χ2v) is 4.98. The van der Waals surface area contributed by atoms with Crippen LogP contribution in [0.3, 0.4) is 0 Å². The minimum atomic E-state index is -0.683. The number of aryl methyl sites for hydroxylation is 1. The third-order valence-electron chi connectivity index (χ3n) is 3.27.